The fourth-order valence-electron chi connectivity index (χ4n) is 1.82. The number of rotatable bonds is 2. The summed E-state index contributed by atoms with van der Waals surface area (Å²) in [4.78, 5) is 0. The highest BCUT2D eigenvalue weighted by Crippen LogP contribution is 2.29. The standard InChI is InChI=1S/C11H12F2O2/c12-9-3-8(4-10(13)5-9)11(14)7-1-2-15-6-7/h3-5,7,11,14H,1-2,6H2. The van der Waals surface area contributed by atoms with Gasteiger partial charge in [0.25, 0.3) is 0 Å². The lowest BCUT2D eigenvalue weighted by Gasteiger charge is -2.16. The highest BCUT2D eigenvalue weighted by molar-refractivity contribution is 5.20. The van der Waals surface area contributed by atoms with Crippen molar-refractivity contribution >= 4 is 0 Å². The molecule has 0 aromatic heterocycles. The molecule has 82 valence electrons. The Bertz CT molecular complexity index is 328. The fraction of sp³-hybridized carbons (Fsp3) is 0.455. The van der Waals surface area contributed by atoms with Crippen molar-refractivity contribution in [1.29, 1.82) is 0 Å². The van der Waals surface area contributed by atoms with E-state index in [9.17, 15) is 13.9 Å². The SMILES string of the molecule is OC(c1cc(F)cc(F)c1)C1CCOC1. The molecule has 1 aliphatic heterocycles. The van der Waals surface area contributed by atoms with E-state index < -0.39 is 17.7 Å². The average Bonchev–Trinajstić information content (AvgIpc) is 2.67. The van der Waals surface area contributed by atoms with Gasteiger partial charge in [-0.3, -0.25) is 0 Å². The molecule has 1 heterocycles. The average molecular weight is 214 g/mol. The molecule has 0 aliphatic carbocycles. The molecule has 2 atom stereocenters. The monoisotopic (exact) mass is 214 g/mol. The Morgan fingerprint density at radius 1 is 1.27 bits per heavy atom. The zero-order valence-corrected chi connectivity index (χ0v) is 8.12. The van der Waals surface area contributed by atoms with Gasteiger partial charge < -0.3 is 9.84 Å². The number of benzene rings is 1. The van der Waals surface area contributed by atoms with Gasteiger partial charge in [-0.05, 0) is 24.1 Å². The van der Waals surface area contributed by atoms with E-state index in [1.54, 1.807) is 0 Å². The quantitative estimate of drug-likeness (QED) is 0.816. The molecular weight excluding hydrogens is 202 g/mol. The Morgan fingerprint density at radius 3 is 2.47 bits per heavy atom. The summed E-state index contributed by atoms with van der Waals surface area (Å²) >= 11 is 0. The molecule has 0 radical (unpaired) electrons. The molecule has 1 N–H and O–H groups in total. The molecule has 1 saturated heterocycles. The summed E-state index contributed by atoms with van der Waals surface area (Å²) in [5, 5.41) is 9.86. The topological polar surface area (TPSA) is 29.5 Å². The maximum absolute atomic E-state index is 12.9. The summed E-state index contributed by atoms with van der Waals surface area (Å²) < 4.78 is 30.9. The van der Waals surface area contributed by atoms with E-state index in [4.69, 9.17) is 4.74 Å². The third kappa shape index (κ3) is 2.33. The maximum Gasteiger partial charge on any atom is 0.126 e. The fourth-order valence-corrected chi connectivity index (χ4v) is 1.82. The molecule has 1 aliphatic rings. The van der Waals surface area contributed by atoms with Gasteiger partial charge in [-0.2, -0.15) is 0 Å². The Morgan fingerprint density at radius 2 is 1.93 bits per heavy atom. The predicted octanol–water partition coefficient (Wildman–Crippen LogP) is 2.03. The number of halogens is 2. The predicted molar refractivity (Wildman–Crippen MR) is 50.2 cm³/mol. The number of ether oxygens (including phenoxy) is 1. The van der Waals surface area contributed by atoms with Gasteiger partial charge in [-0.15, -0.1) is 0 Å². The van der Waals surface area contributed by atoms with E-state index in [1.807, 2.05) is 0 Å². The van der Waals surface area contributed by atoms with Crippen LogP contribution >= 0.6 is 0 Å². The highest BCUT2D eigenvalue weighted by Gasteiger charge is 2.25. The van der Waals surface area contributed by atoms with Gasteiger partial charge in [0, 0.05) is 18.6 Å². The molecule has 2 rings (SSSR count). The Hall–Kier alpha value is -1.00. The molecule has 4 heteroatoms. The molecule has 0 amide bonds. The Kier molecular flexibility index (Phi) is 2.98. The molecule has 1 fully saturated rings. The van der Waals surface area contributed by atoms with E-state index in [2.05, 4.69) is 0 Å². The van der Waals surface area contributed by atoms with Crippen LogP contribution in [0.2, 0.25) is 0 Å². The first-order valence-electron chi connectivity index (χ1n) is 4.88. The molecule has 1 aromatic carbocycles. The summed E-state index contributed by atoms with van der Waals surface area (Å²) in [6.45, 7) is 1.04. The van der Waals surface area contributed by atoms with E-state index in [0.29, 0.717) is 13.2 Å². The van der Waals surface area contributed by atoms with Crippen LogP contribution in [-0.4, -0.2) is 18.3 Å². The van der Waals surface area contributed by atoms with Crippen LogP contribution < -0.4 is 0 Å². The summed E-state index contributed by atoms with van der Waals surface area (Å²) in [5.41, 5.74) is 0.281. The molecule has 0 spiro atoms. The lowest BCUT2D eigenvalue weighted by atomic mass is 9.95. The normalized spacial score (nSPS) is 23.0. The number of aliphatic hydroxyl groups is 1. The maximum atomic E-state index is 12.9. The lowest BCUT2D eigenvalue weighted by molar-refractivity contribution is 0.0913. The van der Waals surface area contributed by atoms with Crippen LogP contribution in [0.15, 0.2) is 18.2 Å². The summed E-state index contributed by atoms with van der Waals surface area (Å²) in [6, 6.07) is 3.11. The second kappa shape index (κ2) is 4.24. The van der Waals surface area contributed by atoms with Crippen LogP contribution in [0.3, 0.4) is 0 Å². The van der Waals surface area contributed by atoms with E-state index in [1.165, 1.54) is 0 Å². The minimum Gasteiger partial charge on any atom is -0.388 e. The third-order valence-electron chi connectivity index (χ3n) is 2.64. The smallest absolute Gasteiger partial charge is 0.126 e. The zero-order chi connectivity index (χ0) is 10.8. The van der Waals surface area contributed by atoms with Crippen LogP contribution in [0.25, 0.3) is 0 Å². The van der Waals surface area contributed by atoms with Crippen LogP contribution in [-0.2, 0) is 4.74 Å². The first-order valence-corrected chi connectivity index (χ1v) is 4.88. The van der Waals surface area contributed by atoms with Crippen LogP contribution in [0.1, 0.15) is 18.1 Å². The molecule has 1 aromatic rings. The molecular formula is C11H12F2O2. The van der Waals surface area contributed by atoms with Crippen molar-refractivity contribution in [2.45, 2.75) is 12.5 Å². The van der Waals surface area contributed by atoms with Gasteiger partial charge >= 0.3 is 0 Å². The van der Waals surface area contributed by atoms with E-state index in [0.717, 1.165) is 24.6 Å². The lowest BCUT2D eigenvalue weighted by Crippen LogP contribution is -2.12. The second-order valence-electron chi connectivity index (χ2n) is 3.77. The second-order valence-corrected chi connectivity index (χ2v) is 3.77. The molecule has 2 unspecified atom stereocenters. The van der Waals surface area contributed by atoms with E-state index >= 15 is 0 Å². The van der Waals surface area contributed by atoms with Crippen LogP contribution in [0, 0.1) is 17.6 Å². The first kappa shape index (κ1) is 10.5. The Balaban J connectivity index is 2.20. The van der Waals surface area contributed by atoms with Crippen molar-refractivity contribution in [1.82, 2.24) is 0 Å². The van der Waals surface area contributed by atoms with Gasteiger partial charge in [-0.25, -0.2) is 8.78 Å². The van der Waals surface area contributed by atoms with Crippen molar-refractivity contribution in [2.75, 3.05) is 13.2 Å². The zero-order valence-electron chi connectivity index (χ0n) is 8.12. The largest absolute Gasteiger partial charge is 0.388 e. The number of hydrogen-bond acceptors (Lipinski definition) is 2. The molecule has 2 nitrogen and oxygen atoms in total. The highest BCUT2D eigenvalue weighted by atomic mass is 19.1. The molecule has 0 bridgehead atoms. The van der Waals surface area contributed by atoms with Crippen molar-refractivity contribution < 1.29 is 18.6 Å². The van der Waals surface area contributed by atoms with Crippen molar-refractivity contribution in [3.63, 3.8) is 0 Å². The Labute approximate surface area is 86.5 Å². The van der Waals surface area contributed by atoms with Gasteiger partial charge in [0.15, 0.2) is 0 Å². The van der Waals surface area contributed by atoms with Crippen LogP contribution in [0.4, 0.5) is 8.78 Å². The summed E-state index contributed by atoms with van der Waals surface area (Å²) in [7, 11) is 0. The van der Waals surface area contributed by atoms with Crippen molar-refractivity contribution in [3.8, 4) is 0 Å². The van der Waals surface area contributed by atoms with E-state index in [-0.39, 0.29) is 11.5 Å². The van der Waals surface area contributed by atoms with Gasteiger partial charge in [0.05, 0.1) is 12.7 Å². The minimum atomic E-state index is -0.849. The van der Waals surface area contributed by atoms with Crippen molar-refractivity contribution in [2.24, 2.45) is 5.92 Å². The van der Waals surface area contributed by atoms with Gasteiger partial charge in [-0.1, -0.05) is 0 Å². The first-order chi connectivity index (χ1) is 7.16. The third-order valence-corrected chi connectivity index (χ3v) is 2.64. The number of aliphatic hydroxyl groups excluding tert-OH is 1. The number of hydrogen-bond donors (Lipinski definition) is 1. The minimum absolute atomic E-state index is 0.0637. The molecule has 0 saturated carbocycles. The van der Waals surface area contributed by atoms with Crippen molar-refractivity contribution in [3.05, 3.63) is 35.4 Å². The van der Waals surface area contributed by atoms with Crippen LogP contribution in [0.5, 0.6) is 0 Å². The summed E-state index contributed by atoms with van der Waals surface area (Å²) in [6.07, 6.45) is -0.128. The summed E-state index contributed by atoms with van der Waals surface area (Å²) in [5.74, 6) is -1.39. The van der Waals surface area contributed by atoms with Gasteiger partial charge in [0.2, 0.25) is 0 Å². The van der Waals surface area contributed by atoms with Gasteiger partial charge in [0.1, 0.15) is 11.6 Å². The molecule has 15 heavy (non-hydrogen) atoms.